The Bertz CT molecular complexity index is 173. The molecule has 0 amide bonds. The van der Waals surface area contributed by atoms with Crippen molar-refractivity contribution < 1.29 is 5.11 Å². The summed E-state index contributed by atoms with van der Waals surface area (Å²) in [7, 11) is 0. The lowest BCUT2D eigenvalue weighted by Crippen LogP contribution is -2.52. The van der Waals surface area contributed by atoms with Crippen LogP contribution in [-0.2, 0) is 0 Å². The van der Waals surface area contributed by atoms with Crippen molar-refractivity contribution in [2.75, 3.05) is 6.61 Å². The van der Waals surface area contributed by atoms with Gasteiger partial charge in [-0.3, -0.25) is 0 Å². The van der Waals surface area contributed by atoms with Gasteiger partial charge in [0.25, 0.3) is 0 Å². The van der Waals surface area contributed by atoms with Crippen LogP contribution in [0.2, 0.25) is 0 Å². The van der Waals surface area contributed by atoms with Gasteiger partial charge in [-0.1, -0.05) is 12.8 Å². The minimum absolute atomic E-state index is 0.0116. The Balaban J connectivity index is 1.94. The second-order valence-electron chi connectivity index (χ2n) is 4.98. The summed E-state index contributed by atoms with van der Waals surface area (Å²) in [6.07, 6.45) is 7.93. The van der Waals surface area contributed by atoms with Crippen LogP contribution in [0.3, 0.4) is 0 Å². The maximum atomic E-state index is 9.46. The third-order valence-electron chi connectivity index (χ3n) is 3.70. The maximum Gasteiger partial charge on any atom is 0.0613 e. The normalized spacial score (nSPS) is 29.1. The molecule has 0 radical (unpaired) electrons. The lowest BCUT2D eigenvalue weighted by molar-refractivity contribution is 0.118. The monoisotopic (exact) mass is 183 g/mol. The fourth-order valence-corrected chi connectivity index (χ4v) is 2.55. The number of aliphatic hydroxyl groups excluding tert-OH is 1. The van der Waals surface area contributed by atoms with Gasteiger partial charge in [0.05, 0.1) is 6.61 Å². The first kappa shape index (κ1) is 9.47. The number of rotatable bonds is 4. The Morgan fingerprint density at radius 3 is 2.31 bits per heavy atom. The van der Waals surface area contributed by atoms with E-state index in [1.165, 1.54) is 38.5 Å². The molecular formula is C11H21NO. The Morgan fingerprint density at radius 1 is 1.23 bits per heavy atom. The minimum atomic E-state index is 0.0116. The van der Waals surface area contributed by atoms with Crippen molar-refractivity contribution in [2.24, 2.45) is 5.92 Å². The third kappa shape index (κ3) is 2.05. The van der Waals surface area contributed by atoms with E-state index < -0.39 is 0 Å². The summed E-state index contributed by atoms with van der Waals surface area (Å²) in [5.41, 5.74) is 0.0116. The molecule has 0 bridgehead atoms. The van der Waals surface area contributed by atoms with Gasteiger partial charge in [0.2, 0.25) is 0 Å². The molecule has 2 heteroatoms. The number of nitrogens with one attached hydrogen (secondary N) is 1. The molecule has 1 unspecified atom stereocenters. The molecular weight excluding hydrogens is 162 g/mol. The largest absolute Gasteiger partial charge is 0.394 e. The molecule has 2 aliphatic carbocycles. The van der Waals surface area contributed by atoms with Gasteiger partial charge >= 0.3 is 0 Å². The van der Waals surface area contributed by atoms with Gasteiger partial charge in [0, 0.05) is 11.6 Å². The van der Waals surface area contributed by atoms with Gasteiger partial charge < -0.3 is 10.4 Å². The number of hydrogen-bond donors (Lipinski definition) is 2. The first-order valence-electron chi connectivity index (χ1n) is 5.63. The molecule has 1 atom stereocenters. The smallest absolute Gasteiger partial charge is 0.0613 e. The van der Waals surface area contributed by atoms with Crippen LogP contribution >= 0.6 is 0 Å². The van der Waals surface area contributed by atoms with Crippen LogP contribution in [0.1, 0.15) is 45.4 Å². The molecule has 0 heterocycles. The molecule has 0 spiro atoms. The van der Waals surface area contributed by atoms with Crippen molar-refractivity contribution in [3.63, 3.8) is 0 Å². The maximum absolute atomic E-state index is 9.46. The SMILES string of the molecule is CC(CO)(NC1CC1)C1CCCC1. The van der Waals surface area contributed by atoms with E-state index in [4.69, 9.17) is 0 Å². The first-order valence-corrected chi connectivity index (χ1v) is 5.63. The predicted molar refractivity (Wildman–Crippen MR) is 53.6 cm³/mol. The molecule has 13 heavy (non-hydrogen) atoms. The number of aliphatic hydroxyl groups is 1. The summed E-state index contributed by atoms with van der Waals surface area (Å²) in [5.74, 6) is 0.707. The standard InChI is InChI=1S/C11H21NO/c1-11(8-13,12-10-6-7-10)9-4-2-3-5-9/h9-10,12-13H,2-8H2,1H3. The highest BCUT2D eigenvalue weighted by molar-refractivity contribution is 4.97. The topological polar surface area (TPSA) is 32.3 Å². The van der Waals surface area contributed by atoms with E-state index in [0.29, 0.717) is 18.6 Å². The minimum Gasteiger partial charge on any atom is -0.394 e. The summed E-state index contributed by atoms with van der Waals surface area (Å²) in [6, 6.07) is 0.706. The Hall–Kier alpha value is -0.0800. The van der Waals surface area contributed by atoms with Crippen LogP contribution in [0, 0.1) is 5.92 Å². The van der Waals surface area contributed by atoms with E-state index >= 15 is 0 Å². The van der Waals surface area contributed by atoms with Crippen molar-refractivity contribution in [3.05, 3.63) is 0 Å². The summed E-state index contributed by atoms with van der Waals surface area (Å²) in [4.78, 5) is 0. The summed E-state index contributed by atoms with van der Waals surface area (Å²) in [5, 5.41) is 13.1. The Morgan fingerprint density at radius 2 is 1.85 bits per heavy atom. The van der Waals surface area contributed by atoms with E-state index in [2.05, 4.69) is 12.2 Å². The van der Waals surface area contributed by atoms with Gasteiger partial charge in [-0.05, 0) is 38.5 Å². The zero-order chi connectivity index (χ0) is 9.31. The third-order valence-corrected chi connectivity index (χ3v) is 3.70. The van der Waals surface area contributed by atoms with Crippen LogP contribution in [0.15, 0.2) is 0 Å². The highest BCUT2D eigenvalue weighted by atomic mass is 16.3. The quantitative estimate of drug-likeness (QED) is 0.695. The molecule has 2 rings (SSSR count). The zero-order valence-electron chi connectivity index (χ0n) is 8.55. The van der Waals surface area contributed by atoms with E-state index in [0.717, 1.165) is 0 Å². The molecule has 2 nitrogen and oxygen atoms in total. The van der Waals surface area contributed by atoms with Crippen LogP contribution < -0.4 is 5.32 Å². The first-order chi connectivity index (χ1) is 6.24. The fourth-order valence-electron chi connectivity index (χ4n) is 2.55. The molecule has 2 saturated carbocycles. The van der Waals surface area contributed by atoms with E-state index in [1.807, 2.05) is 0 Å². The van der Waals surface area contributed by atoms with Gasteiger partial charge in [0.1, 0.15) is 0 Å². The molecule has 0 aromatic carbocycles. The average molecular weight is 183 g/mol. The van der Waals surface area contributed by atoms with Crippen LogP contribution in [0.25, 0.3) is 0 Å². The molecule has 2 aliphatic rings. The van der Waals surface area contributed by atoms with Crippen LogP contribution in [-0.4, -0.2) is 23.3 Å². The van der Waals surface area contributed by atoms with Gasteiger partial charge in [-0.15, -0.1) is 0 Å². The van der Waals surface area contributed by atoms with Gasteiger partial charge in [-0.25, -0.2) is 0 Å². The van der Waals surface area contributed by atoms with E-state index in [9.17, 15) is 5.11 Å². The number of hydrogen-bond acceptors (Lipinski definition) is 2. The van der Waals surface area contributed by atoms with Crippen molar-refractivity contribution in [2.45, 2.75) is 57.0 Å². The second-order valence-corrected chi connectivity index (χ2v) is 4.98. The highest BCUT2D eigenvalue weighted by Gasteiger charge is 2.39. The van der Waals surface area contributed by atoms with Crippen LogP contribution in [0.4, 0.5) is 0 Å². The lowest BCUT2D eigenvalue weighted by atomic mass is 9.85. The predicted octanol–water partition coefficient (Wildman–Crippen LogP) is 1.68. The van der Waals surface area contributed by atoms with Crippen molar-refractivity contribution in [3.8, 4) is 0 Å². The molecule has 76 valence electrons. The molecule has 2 fully saturated rings. The summed E-state index contributed by atoms with van der Waals surface area (Å²) < 4.78 is 0. The summed E-state index contributed by atoms with van der Waals surface area (Å²) >= 11 is 0. The zero-order valence-corrected chi connectivity index (χ0v) is 8.55. The van der Waals surface area contributed by atoms with Gasteiger partial charge in [-0.2, -0.15) is 0 Å². The van der Waals surface area contributed by atoms with Crippen molar-refractivity contribution in [1.82, 2.24) is 5.32 Å². The molecule has 0 aromatic rings. The molecule has 0 saturated heterocycles. The average Bonchev–Trinajstić information content (AvgIpc) is 2.77. The Labute approximate surface area is 80.7 Å². The Kier molecular flexibility index (Phi) is 2.61. The fraction of sp³-hybridized carbons (Fsp3) is 1.00. The van der Waals surface area contributed by atoms with Crippen LogP contribution in [0.5, 0.6) is 0 Å². The highest BCUT2D eigenvalue weighted by Crippen LogP contribution is 2.36. The van der Waals surface area contributed by atoms with Crippen molar-refractivity contribution in [1.29, 1.82) is 0 Å². The summed E-state index contributed by atoms with van der Waals surface area (Å²) in [6.45, 7) is 2.50. The molecule has 0 aliphatic heterocycles. The molecule has 0 aromatic heterocycles. The lowest BCUT2D eigenvalue weighted by Gasteiger charge is -2.35. The van der Waals surface area contributed by atoms with Crippen molar-refractivity contribution >= 4 is 0 Å². The van der Waals surface area contributed by atoms with Gasteiger partial charge in [0.15, 0.2) is 0 Å². The van der Waals surface area contributed by atoms with E-state index in [1.54, 1.807) is 0 Å². The van der Waals surface area contributed by atoms with E-state index in [-0.39, 0.29) is 5.54 Å². The molecule has 2 N–H and O–H groups in total. The second kappa shape index (κ2) is 3.58.